The standard InChI is InChI=1S/C12H16O4/c1-6(13)16-8-5-7-9(14)10(15)12(8,4)11(7,2)3/h7-8H,5H2,1-4H3/t7-,8+,12-/m1/s1. The van der Waals surface area contributed by atoms with Crippen molar-refractivity contribution in [3.8, 4) is 0 Å². The summed E-state index contributed by atoms with van der Waals surface area (Å²) in [6.45, 7) is 6.89. The number of ether oxygens (including phenoxy) is 1. The highest BCUT2D eigenvalue weighted by Crippen LogP contribution is 2.62. The fraction of sp³-hybridized carbons (Fsp3) is 0.750. The second-order valence-electron chi connectivity index (χ2n) is 5.50. The summed E-state index contributed by atoms with van der Waals surface area (Å²) in [6, 6.07) is 0. The summed E-state index contributed by atoms with van der Waals surface area (Å²) in [7, 11) is 0. The summed E-state index contributed by atoms with van der Waals surface area (Å²) in [5.74, 6) is -1.36. The monoisotopic (exact) mass is 224 g/mol. The van der Waals surface area contributed by atoms with Crippen LogP contribution in [0.1, 0.15) is 34.1 Å². The van der Waals surface area contributed by atoms with E-state index in [1.54, 1.807) is 6.92 Å². The molecule has 4 nitrogen and oxygen atoms in total. The molecule has 0 aliphatic heterocycles. The van der Waals surface area contributed by atoms with Gasteiger partial charge in [0.15, 0.2) is 0 Å². The van der Waals surface area contributed by atoms with Gasteiger partial charge in [-0.05, 0) is 18.8 Å². The second-order valence-corrected chi connectivity index (χ2v) is 5.50. The maximum atomic E-state index is 12.0. The van der Waals surface area contributed by atoms with E-state index in [1.807, 2.05) is 13.8 Å². The highest BCUT2D eigenvalue weighted by atomic mass is 16.5. The summed E-state index contributed by atoms with van der Waals surface area (Å²) in [4.78, 5) is 34.7. The van der Waals surface area contributed by atoms with E-state index >= 15 is 0 Å². The van der Waals surface area contributed by atoms with Crippen molar-refractivity contribution in [2.45, 2.75) is 40.2 Å². The lowest BCUT2D eigenvalue weighted by atomic mass is 9.69. The molecule has 0 spiro atoms. The normalized spacial score (nSPS) is 40.2. The van der Waals surface area contributed by atoms with Crippen molar-refractivity contribution in [2.24, 2.45) is 16.7 Å². The Morgan fingerprint density at radius 3 is 2.25 bits per heavy atom. The van der Waals surface area contributed by atoms with Crippen molar-refractivity contribution in [1.29, 1.82) is 0 Å². The Bertz CT molecular complexity index is 396. The molecule has 0 unspecified atom stereocenters. The number of hydrogen-bond acceptors (Lipinski definition) is 4. The van der Waals surface area contributed by atoms with E-state index in [4.69, 9.17) is 4.74 Å². The number of rotatable bonds is 1. The third kappa shape index (κ3) is 1.02. The lowest BCUT2D eigenvalue weighted by molar-refractivity contribution is -0.160. The molecular formula is C12H16O4. The molecule has 2 aliphatic carbocycles. The number of esters is 1. The largest absolute Gasteiger partial charge is 0.461 e. The first kappa shape index (κ1) is 11.3. The van der Waals surface area contributed by atoms with Crippen molar-refractivity contribution in [1.82, 2.24) is 0 Å². The molecule has 0 aromatic heterocycles. The SMILES string of the molecule is CC(=O)O[C@H]1C[C@@H]2C(=O)C(=O)[C@]1(C)C2(C)C. The maximum absolute atomic E-state index is 12.0. The van der Waals surface area contributed by atoms with Crippen molar-refractivity contribution in [2.75, 3.05) is 0 Å². The molecule has 0 heterocycles. The van der Waals surface area contributed by atoms with Crippen LogP contribution in [0.2, 0.25) is 0 Å². The Morgan fingerprint density at radius 2 is 1.88 bits per heavy atom. The number of Topliss-reactive ketones (excluding diaryl/α,β-unsaturated/α-hetero) is 2. The van der Waals surface area contributed by atoms with E-state index in [0.29, 0.717) is 6.42 Å². The molecule has 0 saturated heterocycles. The fourth-order valence-corrected chi connectivity index (χ4v) is 3.18. The van der Waals surface area contributed by atoms with Crippen molar-refractivity contribution in [3.05, 3.63) is 0 Å². The van der Waals surface area contributed by atoms with Crippen LogP contribution in [-0.2, 0) is 19.1 Å². The summed E-state index contributed by atoms with van der Waals surface area (Å²) >= 11 is 0. The van der Waals surface area contributed by atoms with Crippen LogP contribution in [-0.4, -0.2) is 23.6 Å². The smallest absolute Gasteiger partial charge is 0.302 e. The van der Waals surface area contributed by atoms with E-state index in [2.05, 4.69) is 0 Å². The van der Waals surface area contributed by atoms with E-state index < -0.39 is 22.9 Å². The molecule has 2 bridgehead atoms. The quantitative estimate of drug-likeness (QED) is 0.494. The molecule has 16 heavy (non-hydrogen) atoms. The molecule has 2 aliphatic rings. The molecular weight excluding hydrogens is 208 g/mol. The lowest BCUT2D eigenvalue weighted by Gasteiger charge is -2.35. The topological polar surface area (TPSA) is 60.4 Å². The van der Waals surface area contributed by atoms with Gasteiger partial charge in [0.25, 0.3) is 0 Å². The Labute approximate surface area is 94.3 Å². The van der Waals surface area contributed by atoms with Gasteiger partial charge in [0.1, 0.15) is 6.10 Å². The molecule has 0 radical (unpaired) electrons. The first-order valence-corrected chi connectivity index (χ1v) is 5.48. The van der Waals surface area contributed by atoms with Gasteiger partial charge in [-0.25, -0.2) is 0 Å². The average molecular weight is 224 g/mol. The second kappa shape index (κ2) is 2.93. The predicted molar refractivity (Wildman–Crippen MR) is 55.6 cm³/mol. The van der Waals surface area contributed by atoms with E-state index in [-0.39, 0.29) is 17.5 Å². The summed E-state index contributed by atoms with van der Waals surface area (Å²) in [5.41, 5.74) is -1.26. The zero-order valence-corrected chi connectivity index (χ0v) is 9.99. The van der Waals surface area contributed by atoms with Crippen LogP contribution < -0.4 is 0 Å². The van der Waals surface area contributed by atoms with Crippen molar-refractivity contribution in [3.63, 3.8) is 0 Å². The van der Waals surface area contributed by atoms with Gasteiger partial charge < -0.3 is 4.74 Å². The molecule has 2 saturated carbocycles. The van der Waals surface area contributed by atoms with Crippen LogP contribution in [0.3, 0.4) is 0 Å². The number of hydrogen-bond donors (Lipinski definition) is 0. The molecule has 2 rings (SSSR count). The molecule has 0 N–H and O–H groups in total. The van der Waals surface area contributed by atoms with Gasteiger partial charge in [0.05, 0.1) is 5.41 Å². The highest BCUT2D eigenvalue weighted by molar-refractivity contribution is 6.43. The minimum Gasteiger partial charge on any atom is -0.461 e. The first-order chi connectivity index (χ1) is 7.23. The van der Waals surface area contributed by atoms with E-state index in [0.717, 1.165) is 0 Å². The Morgan fingerprint density at radius 1 is 1.31 bits per heavy atom. The van der Waals surface area contributed by atoms with E-state index in [9.17, 15) is 14.4 Å². The van der Waals surface area contributed by atoms with E-state index in [1.165, 1.54) is 6.92 Å². The molecule has 4 heteroatoms. The number of ketones is 2. The first-order valence-electron chi connectivity index (χ1n) is 5.48. The predicted octanol–water partition coefficient (Wildman–Crippen LogP) is 1.12. The Kier molecular flexibility index (Phi) is 2.07. The van der Waals surface area contributed by atoms with Crippen molar-refractivity contribution < 1.29 is 19.1 Å². The zero-order chi connectivity index (χ0) is 12.3. The molecule has 88 valence electrons. The number of carbonyl (C=O) groups excluding carboxylic acids is 3. The molecule has 0 aromatic rings. The Balaban J connectivity index is 2.43. The van der Waals surface area contributed by atoms with Gasteiger partial charge >= 0.3 is 5.97 Å². The van der Waals surface area contributed by atoms with Gasteiger partial charge in [-0.1, -0.05) is 13.8 Å². The van der Waals surface area contributed by atoms with Gasteiger partial charge in [0, 0.05) is 12.8 Å². The van der Waals surface area contributed by atoms with Crippen LogP contribution in [0.5, 0.6) is 0 Å². The number of fused-ring (bicyclic) bond motifs is 2. The third-order valence-electron chi connectivity index (χ3n) is 4.62. The zero-order valence-electron chi connectivity index (χ0n) is 9.99. The lowest BCUT2D eigenvalue weighted by Crippen LogP contribution is -2.45. The fourth-order valence-electron chi connectivity index (χ4n) is 3.18. The summed E-state index contributed by atoms with van der Waals surface area (Å²) in [5, 5.41) is 0. The van der Waals surface area contributed by atoms with Gasteiger partial charge in [-0.3, -0.25) is 14.4 Å². The van der Waals surface area contributed by atoms with Crippen LogP contribution in [0.15, 0.2) is 0 Å². The highest BCUT2D eigenvalue weighted by Gasteiger charge is 2.72. The summed E-state index contributed by atoms with van der Waals surface area (Å²) < 4.78 is 5.19. The van der Waals surface area contributed by atoms with Gasteiger partial charge in [-0.2, -0.15) is 0 Å². The minimum atomic E-state index is -0.847. The third-order valence-corrected chi connectivity index (χ3v) is 4.62. The van der Waals surface area contributed by atoms with Crippen LogP contribution >= 0.6 is 0 Å². The Hall–Kier alpha value is -1.19. The van der Waals surface area contributed by atoms with Crippen LogP contribution in [0.4, 0.5) is 0 Å². The van der Waals surface area contributed by atoms with Crippen LogP contribution in [0, 0.1) is 16.7 Å². The van der Waals surface area contributed by atoms with Gasteiger partial charge in [-0.15, -0.1) is 0 Å². The minimum absolute atomic E-state index is 0.295. The summed E-state index contributed by atoms with van der Waals surface area (Å²) in [6.07, 6.45) is 0.0309. The maximum Gasteiger partial charge on any atom is 0.302 e. The van der Waals surface area contributed by atoms with Crippen LogP contribution in [0.25, 0.3) is 0 Å². The van der Waals surface area contributed by atoms with Gasteiger partial charge in [0.2, 0.25) is 11.6 Å². The van der Waals surface area contributed by atoms with Crippen molar-refractivity contribution >= 4 is 17.5 Å². The number of carbonyl (C=O) groups is 3. The molecule has 0 amide bonds. The molecule has 2 fully saturated rings. The average Bonchev–Trinajstić information content (AvgIpc) is 2.41. The molecule has 0 aromatic carbocycles. The molecule has 3 atom stereocenters.